The Balaban J connectivity index is 0. The number of hydrogen-bond acceptors (Lipinski definition) is 0. The van der Waals surface area contributed by atoms with Crippen LogP contribution in [0.3, 0.4) is 0 Å². The van der Waals surface area contributed by atoms with Gasteiger partial charge in [0.15, 0.2) is 0 Å². The van der Waals surface area contributed by atoms with Gasteiger partial charge in [0.25, 0.3) is 0 Å². The maximum Gasteiger partial charge on any atom is 3.00 e. The van der Waals surface area contributed by atoms with E-state index < -0.39 is 0 Å². The Labute approximate surface area is 205 Å². The van der Waals surface area contributed by atoms with Crippen molar-refractivity contribution in [3.8, 4) is 0 Å². The molecule has 0 aromatic rings. The van der Waals surface area contributed by atoms with Crippen LogP contribution in [0, 0.1) is 0 Å². The summed E-state index contributed by atoms with van der Waals surface area (Å²) in [7, 11) is 0. The Morgan fingerprint density at radius 2 is 0.417 bits per heavy atom. The average Bonchev–Trinajstić information content (AvgIpc) is 0. The predicted molar refractivity (Wildman–Crippen MR) is 72.5 cm³/mol. The Bertz CT molecular complexity index is 27.5. The van der Waals surface area contributed by atoms with E-state index in [4.69, 9.17) is 0 Å². The second-order valence-corrected chi connectivity index (χ2v) is 0. The summed E-state index contributed by atoms with van der Waals surface area (Å²) in [6.45, 7) is 0. The summed E-state index contributed by atoms with van der Waals surface area (Å²) in [4.78, 5) is 0. The summed E-state index contributed by atoms with van der Waals surface area (Å²) in [5, 5.41) is 0. The first-order valence-electron chi connectivity index (χ1n) is 0. The van der Waals surface area contributed by atoms with Gasteiger partial charge in [0.05, 0.1) is 0 Å². The van der Waals surface area contributed by atoms with Crippen LogP contribution in [0.2, 0.25) is 0 Å². The molecule has 0 rings (SSSR count). The van der Waals surface area contributed by atoms with Crippen LogP contribution in [0.15, 0.2) is 0 Å². The van der Waals surface area contributed by atoms with E-state index in [9.17, 15) is 0 Å². The Morgan fingerprint density at radius 3 is 0.417 bits per heavy atom. The van der Waals surface area contributed by atoms with Gasteiger partial charge in [-0.05, 0) is 0 Å². The minimum Gasteiger partial charge on any atom is -3.00 e. The Morgan fingerprint density at radius 1 is 0.417 bits per heavy atom. The van der Waals surface area contributed by atoms with Crippen molar-refractivity contribution in [1.29, 1.82) is 0 Å². The first-order chi connectivity index (χ1) is 0. The van der Waals surface area contributed by atoms with Crippen molar-refractivity contribution in [2.24, 2.45) is 0 Å². The van der Waals surface area contributed by atoms with Crippen LogP contribution >= 0.6 is 29.7 Å². The summed E-state index contributed by atoms with van der Waals surface area (Å²) in [6.07, 6.45) is 0. The normalized spacial score (nSPS) is 0. The van der Waals surface area contributed by atoms with Crippen LogP contribution in [0.25, 0.3) is 0 Å². The molecule has 0 fully saturated rings. The molecule has 0 aliphatic rings. The van der Waals surface area contributed by atoms with E-state index in [0.29, 0.717) is 0 Å². The SMILES string of the molecule is [Al+3].[Al+3].[As-3].[As-3].[As-3].[Ga+3].[Ga+3].[In+3].[In+3].[P-3].[P-3].[P-3]. The molecule has 0 bridgehead atoms. The van der Waals surface area contributed by atoms with Gasteiger partial charge in [-0.1, -0.05) is 0 Å². The maximum absolute atomic E-state index is 0. The molecule has 0 atom stereocenters. The van der Waals surface area contributed by atoms with E-state index >= 15 is 0 Å². The van der Waals surface area contributed by atoms with Crippen molar-refractivity contribution >= 4 is 210 Å². The molecule has 0 nitrogen and oxygen atoms in total. The van der Waals surface area contributed by atoms with Gasteiger partial charge in [-0.25, -0.2) is 0 Å². The molecular weight excluding hydrogens is 741 g/mol. The van der Waals surface area contributed by atoms with Crippen LogP contribution in [0.5, 0.6) is 0 Å². The fourth-order valence-corrected chi connectivity index (χ4v) is 0. The minimum absolute atomic E-state index is 0. The van der Waals surface area contributed by atoms with Gasteiger partial charge in [-0.2, -0.15) is 0 Å². The van der Waals surface area contributed by atoms with E-state index in [1.165, 1.54) is 0 Å². The molecule has 0 N–H and O–H groups in total. The fourth-order valence-electron chi connectivity index (χ4n) is 0. The molecule has 0 unspecified atom stereocenters. The molecule has 0 heterocycles. The molecule has 0 aromatic heterocycles. The van der Waals surface area contributed by atoms with E-state index in [2.05, 4.69) is 0 Å². The van der Waals surface area contributed by atoms with Gasteiger partial charge in [0.1, 0.15) is 0 Å². The zero-order valence-electron chi connectivity index (χ0n) is 6.15. The van der Waals surface area contributed by atoms with E-state index in [1.807, 2.05) is 0 Å². The van der Waals surface area contributed by atoms with E-state index in [1.54, 1.807) is 0 Å². The molecule has 0 spiro atoms. The zero-order valence-corrected chi connectivity index (χ0v) is 28.2. The molecular formula is Al2As3Ga2In2P3. The monoisotopic (exact) mass is 739 g/mol. The molecule has 0 radical (unpaired) electrons. The molecule has 0 saturated carbocycles. The van der Waals surface area contributed by atoms with Crippen LogP contribution in [-0.2, 0) is 0 Å². The summed E-state index contributed by atoms with van der Waals surface area (Å²) >= 11 is 0. The third-order valence-corrected chi connectivity index (χ3v) is 0. The van der Waals surface area contributed by atoms with Crippen LogP contribution in [-0.4, -0.2) is 180 Å². The van der Waals surface area contributed by atoms with Gasteiger partial charge >= 0.3 is 126 Å². The molecule has 12 heteroatoms. The van der Waals surface area contributed by atoms with Crippen molar-refractivity contribution in [2.45, 2.75) is 0 Å². The second-order valence-electron chi connectivity index (χ2n) is 0. The summed E-state index contributed by atoms with van der Waals surface area (Å²) in [6, 6.07) is 0. The maximum atomic E-state index is 0. The zero-order chi connectivity index (χ0) is 0. The van der Waals surface area contributed by atoms with E-state index in [-0.39, 0.29) is 210 Å². The largest absolute Gasteiger partial charge is 3.00 e. The van der Waals surface area contributed by atoms with Crippen LogP contribution in [0.4, 0.5) is 0 Å². The Kier molecular flexibility index (Phi) is 1100. The van der Waals surface area contributed by atoms with Crippen LogP contribution < -0.4 is 0 Å². The molecule has 0 aromatic carbocycles. The third-order valence-electron chi connectivity index (χ3n) is 0. The first kappa shape index (κ1) is 125. The summed E-state index contributed by atoms with van der Waals surface area (Å²) in [5.41, 5.74) is 0. The fraction of sp³-hybridized carbons (Fsp3) is 0. The minimum atomic E-state index is 0. The van der Waals surface area contributed by atoms with Crippen molar-refractivity contribution in [3.63, 3.8) is 0 Å². The molecule has 0 amide bonds. The van der Waals surface area contributed by atoms with Crippen molar-refractivity contribution < 1.29 is 0 Å². The van der Waals surface area contributed by atoms with Gasteiger partial charge in [-0.3, -0.25) is 0 Å². The molecule has 0 aliphatic heterocycles. The summed E-state index contributed by atoms with van der Waals surface area (Å²) in [5.74, 6) is 0. The number of hydrogen-bond donors (Lipinski definition) is 0. The first-order valence-corrected chi connectivity index (χ1v) is 0. The number of rotatable bonds is 0. The molecule has 0 aliphatic carbocycles. The molecule has 12 heavy (non-hydrogen) atoms. The van der Waals surface area contributed by atoms with Gasteiger partial charge in [0.2, 0.25) is 0 Å². The molecule has 0 saturated heterocycles. The standard InChI is InChI=1S/2Al.3As.2Ga.2In.3P/q2*+3;3*-3;4*+3;3*-3. The smallest absolute Gasteiger partial charge is 3.00 e. The third kappa shape index (κ3) is 88.4. The van der Waals surface area contributed by atoms with E-state index in [0.717, 1.165) is 0 Å². The van der Waals surface area contributed by atoms with Crippen LogP contribution in [0.1, 0.15) is 0 Å². The predicted octanol–water partition coefficient (Wildman–Crippen LogP) is -0.844. The quantitative estimate of drug-likeness (QED) is 0.225. The summed E-state index contributed by atoms with van der Waals surface area (Å²) < 4.78 is 0. The van der Waals surface area contributed by atoms with Crippen molar-refractivity contribution in [3.05, 3.63) is 0 Å². The van der Waals surface area contributed by atoms with Gasteiger partial charge in [0, 0.05) is 0 Å². The second kappa shape index (κ2) is 106. The van der Waals surface area contributed by atoms with Gasteiger partial charge < -0.3 is 83.6 Å². The van der Waals surface area contributed by atoms with Crippen molar-refractivity contribution in [1.82, 2.24) is 0 Å². The average molecular weight is 741 g/mol. The molecule has 48 valence electrons. The van der Waals surface area contributed by atoms with Crippen molar-refractivity contribution in [2.75, 3.05) is 0 Å². The van der Waals surface area contributed by atoms with Gasteiger partial charge in [-0.15, -0.1) is 0 Å². The Hall–Kier alpha value is 7.04. The topological polar surface area (TPSA) is 0 Å².